The third-order valence-corrected chi connectivity index (χ3v) is 2.69. The van der Waals surface area contributed by atoms with Crippen molar-refractivity contribution in [1.82, 2.24) is 4.98 Å². The van der Waals surface area contributed by atoms with Crippen LogP contribution < -0.4 is 9.84 Å². The quantitative estimate of drug-likeness (QED) is 0.739. The largest absolute Gasteiger partial charge is 1.00 e. The molecule has 0 saturated heterocycles. The fourth-order valence-electron chi connectivity index (χ4n) is 0.885. The van der Waals surface area contributed by atoms with E-state index in [0.29, 0.717) is 5.88 Å². The van der Waals surface area contributed by atoms with Crippen molar-refractivity contribution in [2.24, 2.45) is 0 Å². The zero-order valence-corrected chi connectivity index (χ0v) is 11.9. The van der Waals surface area contributed by atoms with Crippen LogP contribution in [0.2, 0.25) is 0 Å². The maximum absolute atomic E-state index is 8.44. The predicted molar refractivity (Wildman–Crippen MR) is 56.0 cm³/mol. The molecule has 0 saturated carbocycles. The molecular formula is C9H11AgBrNO4. The molecule has 0 bridgehead atoms. The first kappa shape index (κ1) is 17.8. The van der Waals surface area contributed by atoms with Crippen LogP contribution in [0.4, 0.5) is 4.79 Å². The van der Waals surface area contributed by atoms with Gasteiger partial charge in [0.25, 0.3) is 0 Å². The van der Waals surface area contributed by atoms with Crippen LogP contribution >= 0.6 is 15.9 Å². The van der Waals surface area contributed by atoms with Crippen LogP contribution in [0.3, 0.4) is 0 Å². The van der Waals surface area contributed by atoms with Crippen molar-refractivity contribution in [3.8, 4) is 5.88 Å². The molecule has 0 unspecified atom stereocenters. The number of hydrogen-bond acceptors (Lipinski definition) is 4. The molecule has 0 amide bonds. The number of methoxy groups -OCH3 is 1. The van der Waals surface area contributed by atoms with E-state index in [9.17, 15) is 0 Å². The summed E-state index contributed by atoms with van der Waals surface area (Å²) in [6, 6.07) is 1.90. The van der Waals surface area contributed by atoms with E-state index in [1.165, 1.54) is 0 Å². The molecular weight excluding hydrogens is 374 g/mol. The van der Waals surface area contributed by atoms with Gasteiger partial charge in [0, 0.05) is 10.5 Å². The standard InChI is InChI=1S/C8H10BrNO.CH2O3.Ag/c1-5-4-7(11-3)10-6(2)8(5)9;2-1(3)4;/h4H,1-3H3;(H2,2,3,4);/q;;+1/p-1. The molecule has 0 spiro atoms. The van der Waals surface area contributed by atoms with Gasteiger partial charge in [-0.1, -0.05) is 0 Å². The number of aryl methyl sites for hydroxylation is 2. The first-order chi connectivity index (χ1) is 6.88. The average molecular weight is 385 g/mol. The number of carbonyl (C=O) groups is 1. The van der Waals surface area contributed by atoms with Gasteiger partial charge in [0.2, 0.25) is 12.0 Å². The third-order valence-electron chi connectivity index (χ3n) is 1.49. The molecule has 1 N–H and O–H groups in total. The minimum atomic E-state index is -2.08. The van der Waals surface area contributed by atoms with Gasteiger partial charge in [0.05, 0.1) is 12.8 Å². The second kappa shape index (κ2) is 8.58. The van der Waals surface area contributed by atoms with E-state index in [0.717, 1.165) is 15.7 Å². The molecule has 16 heavy (non-hydrogen) atoms. The summed E-state index contributed by atoms with van der Waals surface area (Å²) >= 11 is 3.42. The fourth-order valence-corrected chi connectivity index (χ4v) is 1.09. The van der Waals surface area contributed by atoms with Crippen LogP contribution in [0.5, 0.6) is 5.88 Å². The molecule has 0 aromatic carbocycles. The Morgan fingerprint density at radius 1 is 1.56 bits per heavy atom. The molecule has 0 fully saturated rings. The van der Waals surface area contributed by atoms with Crippen LogP contribution in [0.1, 0.15) is 11.3 Å². The third kappa shape index (κ3) is 6.84. The molecule has 0 atom stereocenters. The zero-order chi connectivity index (χ0) is 12.0. The molecule has 0 radical (unpaired) electrons. The van der Waals surface area contributed by atoms with Gasteiger partial charge in [-0.3, -0.25) is 0 Å². The Labute approximate surface area is 117 Å². The second-order valence-electron chi connectivity index (χ2n) is 2.65. The molecule has 1 heterocycles. The Balaban J connectivity index is 0. The van der Waals surface area contributed by atoms with Gasteiger partial charge in [-0.05, 0) is 35.3 Å². The van der Waals surface area contributed by atoms with Crippen molar-refractivity contribution in [3.05, 3.63) is 21.8 Å². The van der Waals surface area contributed by atoms with E-state index in [1.807, 2.05) is 19.9 Å². The Morgan fingerprint density at radius 2 is 2.00 bits per heavy atom. The SMILES string of the molecule is COc1cc(C)c(Br)c(C)n1.O=C([O-])O.[Ag+]. The van der Waals surface area contributed by atoms with Gasteiger partial charge < -0.3 is 19.7 Å². The van der Waals surface area contributed by atoms with Gasteiger partial charge in [0.1, 0.15) is 0 Å². The van der Waals surface area contributed by atoms with Gasteiger partial charge >= 0.3 is 22.4 Å². The van der Waals surface area contributed by atoms with E-state index >= 15 is 0 Å². The number of carboxylic acid groups (broad SMARTS) is 2. The topological polar surface area (TPSA) is 82.5 Å². The number of ether oxygens (including phenoxy) is 1. The first-order valence-corrected chi connectivity index (χ1v) is 4.75. The summed E-state index contributed by atoms with van der Waals surface area (Å²) < 4.78 is 6.05. The number of aromatic nitrogens is 1. The van der Waals surface area contributed by atoms with E-state index in [-0.39, 0.29) is 22.4 Å². The van der Waals surface area contributed by atoms with Crippen molar-refractivity contribution < 1.29 is 42.1 Å². The van der Waals surface area contributed by atoms with Gasteiger partial charge in [-0.2, -0.15) is 0 Å². The summed E-state index contributed by atoms with van der Waals surface area (Å²) in [5.74, 6) is 0.670. The number of rotatable bonds is 1. The fraction of sp³-hybridized carbons (Fsp3) is 0.333. The second-order valence-corrected chi connectivity index (χ2v) is 3.44. The number of hydrogen-bond donors (Lipinski definition) is 1. The summed E-state index contributed by atoms with van der Waals surface area (Å²) in [4.78, 5) is 12.6. The molecule has 1 rings (SSSR count). The van der Waals surface area contributed by atoms with E-state index < -0.39 is 6.16 Å². The molecule has 0 aliphatic rings. The molecule has 0 aliphatic carbocycles. The van der Waals surface area contributed by atoms with Crippen LogP contribution in [0.25, 0.3) is 0 Å². The van der Waals surface area contributed by atoms with Crippen LogP contribution in [-0.4, -0.2) is 23.4 Å². The molecule has 0 aliphatic heterocycles. The summed E-state index contributed by atoms with van der Waals surface area (Å²) in [5.41, 5.74) is 2.11. The van der Waals surface area contributed by atoms with E-state index in [4.69, 9.17) is 19.7 Å². The van der Waals surface area contributed by atoms with Crippen molar-refractivity contribution in [2.45, 2.75) is 13.8 Å². The van der Waals surface area contributed by atoms with Crippen LogP contribution in [0.15, 0.2) is 10.5 Å². The normalized spacial score (nSPS) is 8.25. The predicted octanol–water partition coefficient (Wildman–Crippen LogP) is 1.35. The van der Waals surface area contributed by atoms with Gasteiger partial charge in [-0.15, -0.1) is 0 Å². The smallest absolute Gasteiger partial charge is 0.565 e. The monoisotopic (exact) mass is 383 g/mol. The van der Waals surface area contributed by atoms with Crippen molar-refractivity contribution in [1.29, 1.82) is 0 Å². The maximum atomic E-state index is 8.44. The summed E-state index contributed by atoms with van der Waals surface area (Å²) in [6.45, 7) is 3.96. The number of pyridine rings is 1. The van der Waals surface area contributed by atoms with Gasteiger partial charge in [-0.25, -0.2) is 4.98 Å². The van der Waals surface area contributed by atoms with Gasteiger partial charge in [0.15, 0.2) is 0 Å². The minimum Gasteiger partial charge on any atom is -0.565 e. The van der Waals surface area contributed by atoms with Crippen molar-refractivity contribution >= 4 is 22.1 Å². The summed E-state index contributed by atoms with van der Waals surface area (Å²) in [5, 5.41) is 15.3. The van der Waals surface area contributed by atoms with Crippen molar-refractivity contribution in [3.63, 3.8) is 0 Å². The molecule has 5 nitrogen and oxygen atoms in total. The van der Waals surface area contributed by atoms with E-state index in [2.05, 4.69) is 20.9 Å². The zero-order valence-electron chi connectivity index (χ0n) is 8.88. The van der Waals surface area contributed by atoms with Crippen LogP contribution in [0, 0.1) is 13.8 Å². The summed E-state index contributed by atoms with van der Waals surface area (Å²) in [6.07, 6.45) is -2.08. The molecule has 7 heteroatoms. The average Bonchev–Trinajstić information content (AvgIpc) is 2.12. The molecule has 1 aromatic rings. The first-order valence-electron chi connectivity index (χ1n) is 3.96. The number of nitrogens with zero attached hydrogens (tertiary/aromatic N) is 1. The minimum absolute atomic E-state index is 0. The number of halogens is 1. The maximum Gasteiger partial charge on any atom is 1.00 e. The van der Waals surface area contributed by atoms with Crippen LogP contribution in [-0.2, 0) is 22.4 Å². The Kier molecular flexibility index (Phi) is 9.55. The molecule has 94 valence electrons. The molecule has 1 aromatic heterocycles. The Hall–Kier alpha value is -0.560. The van der Waals surface area contributed by atoms with Crippen molar-refractivity contribution in [2.75, 3.05) is 7.11 Å². The van der Waals surface area contributed by atoms with E-state index in [1.54, 1.807) is 7.11 Å². The summed E-state index contributed by atoms with van der Waals surface area (Å²) in [7, 11) is 1.62. The Morgan fingerprint density at radius 3 is 2.31 bits per heavy atom. The Bertz CT molecular complexity index is 332.